The number of nitrogens with one attached hydrogen (secondary N) is 1. The molecule has 0 aliphatic carbocycles. The molecule has 0 spiro atoms. The lowest BCUT2D eigenvalue weighted by Crippen LogP contribution is -2.05. The fourth-order valence-electron chi connectivity index (χ4n) is 2.53. The Balaban J connectivity index is 1.77. The Kier molecular flexibility index (Phi) is 6.74. The van der Waals surface area contributed by atoms with Crippen LogP contribution in [0, 0.1) is 0 Å². The fraction of sp³-hybridized carbons (Fsp3) is 0.100. The van der Waals surface area contributed by atoms with Crippen LogP contribution in [0.25, 0.3) is 0 Å². The molecule has 140 valence electrons. The van der Waals surface area contributed by atoms with Gasteiger partial charge < -0.3 is 14.6 Å². The second kappa shape index (κ2) is 9.24. The number of rotatable bonds is 7. The summed E-state index contributed by atoms with van der Waals surface area (Å²) in [5.41, 5.74) is 2.28. The first-order valence-corrected chi connectivity index (χ1v) is 9.99. The van der Waals surface area contributed by atoms with Crippen LogP contribution in [-0.4, -0.2) is 8.76 Å². The van der Waals surface area contributed by atoms with Gasteiger partial charge in [-0.1, -0.05) is 47.5 Å². The van der Waals surface area contributed by atoms with Gasteiger partial charge in [0.05, 0.1) is 4.90 Å². The molecule has 3 aromatic rings. The third-order valence-corrected chi connectivity index (χ3v) is 5.40. The summed E-state index contributed by atoms with van der Waals surface area (Å²) in [6.45, 7) is 0.585. The molecular weight excluding hydrogens is 405 g/mol. The standard InChI is InChI=1S/C20H17Cl2NO3S/c21-18-7-4-8-19(22)17(18)13-26-16-9-10-20(27(24)25)14(11-16)12-23-15-5-2-1-3-6-15/h1-11,23H,12-13H2,(H,24,25). The molecule has 0 heterocycles. The van der Waals surface area contributed by atoms with Crippen LogP contribution >= 0.6 is 23.2 Å². The van der Waals surface area contributed by atoms with Crippen molar-refractivity contribution >= 4 is 40.0 Å². The highest BCUT2D eigenvalue weighted by Gasteiger charge is 2.11. The molecule has 0 aromatic heterocycles. The summed E-state index contributed by atoms with van der Waals surface area (Å²) in [6, 6.07) is 19.9. The van der Waals surface area contributed by atoms with Gasteiger partial charge in [-0.2, -0.15) is 0 Å². The Morgan fingerprint density at radius 1 is 0.963 bits per heavy atom. The maximum Gasteiger partial charge on any atom is 0.186 e. The van der Waals surface area contributed by atoms with Crippen LogP contribution in [0.5, 0.6) is 5.75 Å². The summed E-state index contributed by atoms with van der Waals surface area (Å²) in [7, 11) is 0. The lowest BCUT2D eigenvalue weighted by molar-refractivity contribution is 0.306. The number of para-hydroxylation sites is 1. The second-order valence-electron chi connectivity index (χ2n) is 5.73. The van der Waals surface area contributed by atoms with Gasteiger partial charge in [-0.15, -0.1) is 0 Å². The summed E-state index contributed by atoms with van der Waals surface area (Å²) in [4.78, 5) is 0.335. The molecule has 0 radical (unpaired) electrons. The number of anilines is 1. The maximum atomic E-state index is 11.6. The number of hydrogen-bond acceptors (Lipinski definition) is 3. The van der Waals surface area contributed by atoms with E-state index in [-0.39, 0.29) is 6.61 Å². The lowest BCUT2D eigenvalue weighted by atomic mass is 10.2. The first-order valence-electron chi connectivity index (χ1n) is 8.13. The van der Waals surface area contributed by atoms with Gasteiger partial charge in [-0.25, -0.2) is 4.21 Å². The van der Waals surface area contributed by atoms with Crippen molar-refractivity contribution in [3.63, 3.8) is 0 Å². The molecule has 0 amide bonds. The van der Waals surface area contributed by atoms with E-state index < -0.39 is 11.1 Å². The normalized spacial score (nSPS) is 11.8. The van der Waals surface area contributed by atoms with E-state index in [1.54, 1.807) is 36.4 Å². The molecule has 7 heteroatoms. The van der Waals surface area contributed by atoms with Crippen molar-refractivity contribution in [1.82, 2.24) is 0 Å². The monoisotopic (exact) mass is 421 g/mol. The van der Waals surface area contributed by atoms with Crippen LogP contribution in [-0.2, 0) is 24.2 Å². The van der Waals surface area contributed by atoms with Gasteiger partial charge in [-0.3, -0.25) is 0 Å². The molecule has 1 unspecified atom stereocenters. The minimum Gasteiger partial charge on any atom is -0.489 e. The number of benzene rings is 3. The van der Waals surface area contributed by atoms with Crippen LogP contribution in [0.4, 0.5) is 5.69 Å². The van der Waals surface area contributed by atoms with Crippen molar-refractivity contribution in [3.05, 3.63) is 87.9 Å². The zero-order valence-electron chi connectivity index (χ0n) is 14.2. The SMILES string of the molecule is O=S(O)c1ccc(OCc2c(Cl)cccc2Cl)cc1CNc1ccccc1. The molecule has 0 bridgehead atoms. The predicted molar refractivity (Wildman–Crippen MR) is 110 cm³/mol. The van der Waals surface area contributed by atoms with E-state index in [2.05, 4.69) is 5.32 Å². The van der Waals surface area contributed by atoms with Gasteiger partial charge in [0.1, 0.15) is 12.4 Å². The fourth-order valence-corrected chi connectivity index (χ4v) is 3.58. The highest BCUT2D eigenvalue weighted by atomic mass is 35.5. The topological polar surface area (TPSA) is 58.6 Å². The van der Waals surface area contributed by atoms with E-state index >= 15 is 0 Å². The van der Waals surface area contributed by atoms with Crippen LogP contribution in [0.15, 0.2) is 71.6 Å². The first-order chi connectivity index (χ1) is 13.0. The summed E-state index contributed by atoms with van der Waals surface area (Å²) in [5.74, 6) is 0.560. The minimum atomic E-state index is -2.09. The summed E-state index contributed by atoms with van der Waals surface area (Å²) in [5, 5.41) is 4.29. The smallest absolute Gasteiger partial charge is 0.186 e. The average Bonchev–Trinajstić information content (AvgIpc) is 2.66. The molecule has 0 saturated carbocycles. The molecule has 0 saturated heterocycles. The zero-order chi connectivity index (χ0) is 19.2. The molecule has 0 aliphatic rings. The lowest BCUT2D eigenvalue weighted by Gasteiger charge is -2.13. The Morgan fingerprint density at radius 3 is 2.33 bits per heavy atom. The highest BCUT2D eigenvalue weighted by molar-refractivity contribution is 7.79. The van der Waals surface area contributed by atoms with Gasteiger partial charge in [-0.05, 0) is 48.0 Å². The van der Waals surface area contributed by atoms with Gasteiger partial charge in [0.15, 0.2) is 11.1 Å². The Labute approximate surface area is 170 Å². The zero-order valence-corrected chi connectivity index (χ0v) is 16.5. The minimum absolute atomic E-state index is 0.200. The quantitative estimate of drug-likeness (QED) is 0.475. The van der Waals surface area contributed by atoms with Crippen molar-refractivity contribution in [3.8, 4) is 5.75 Å². The van der Waals surface area contributed by atoms with Crippen LogP contribution in [0.1, 0.15) is 11.1 Å². The molecule has 0 aliphatic heterocycles. The average molecular weight is 422 g/mol. The summed E-state index contributed by atoms with van der Waals surface area (Å²) >= 11 is 10.2. The molecule has 3 aromatic carbocycles. The van der Waals surface area contributed by atoms with Gasteiger partial charge in [0.2, 0.25) is 0 Å². The number of hydrogen-bond donors (Lipinski definition) is 2. The van der Waals surface area contributed by atoms with Crippen molar-refractivity contribution in [2.75, 3.05) is 5.32 Å². The summed E-state index contributed by atoms with van der Waals surface area (Å²) in [6.07, 6.45) is 0. The third-order valence-electron chi connectivity index (χ3n) is 3.92. The van der Waals surface area contributed by atoms with E-state index in [9.17, 15) is 8.76 Å². The summed E-state index contributed by atoms with van der Waals surface area (Å²) < 4.78 is 27.0. The van der Waals surface area contributed by atoms with E-state index in [4.69, 9.17) is 27.9 Å². The van der Waals surface area contributed by atoms with Gasteiger partial charge in [0.25, 0.3) is 0 Å². The Morgan fingerprint density at radius 2 is 1.67 bits per heavy atom. The Hall–Kier alpha value is -2.05. The maximum absolute atomic E-state index is 11.6. The van der Waals surface area contributed by atoms with Crippen LogP contribution < -0.4 is 10.1 Å². The molecule has 4 nitrogen and oxygen atoms in total. The van der Waals surface area contributed by atoms with Crippen molar-refractivity contribution in [2.24, 2.45) is 0 Å². The first kappa shape index (κ1) is 19.7. The van der Waals surface area contributed by atoms with E-state index in [1.165, 1.54) is 0 Å². The van der Waals surface area contributed by atoms with E-state index in [1.807, 2.05) is 30.3 Å². The van der Waals surface area contributed by atoms with Crippen molar-refractivity contribution in [1.29, 1.82) is 0 Å². The Bertz CT molecular complexity index is 931. The van der Waals surface area contributed by atoms with Crippen LogP contribution in [0.2, 0.25) is 10.0 Å². The molecule has 27 heavy (non-hydrogen) atoms. The molecular formula is C20H17Cl2NO3S. The second-order valence-corrected chi connectivity index (χ2v) is 7.48. The van der Waals surface area contributed by atoms with Gasteiger partial charge in [0, 0.05) is 27.8 Å². The largest absolute Gasteiger partial charge is 0.489 e. The molecule has 1 atom stereocenters. The van der Waals surface area contributed by atoms with Gasteiger partial charge >= 0.3 is 0 Å². The van der Waals surface area contributed by atoms with E-state index in [0.717, 1.165) is 5.69 Å². The number of halogens is 2. The number of ether oxygens (including phenoxy) is 1. The molecule has 3 rings (SSSR count). The molecule has 2 N–H and O–H groups in total. The van der Waals surface area contributed by atoms with Crippen molar-refractivity contribution < 1.29 is 13.5 Å². The highest BCUT2D eigenvalue weighted by Crippen LogP contribution is 2.27. The molecule has 0 fully saturated rings. The van der Waals surface area contributed by atoms with Crippen molar-refractivity contribution in [2.45, 2.75) is 18.0 Å². The van der Waals surface area contributed by atoms with E-state index in [0.29, 0.717) is 38.4 Å². The predicted octanol–water partition coefficient (Wildman–Crippen LogP) is 5.77. The van der Waals surface area contributed by atoms with Crippen LogP contribution in [0.3, 0.4) is 0 Å². The third kappa shape index (κ3) is 5.23.